The van der Waals surface area contributed by atoms with Crippen LogP contribution in [0.2, 0.25) is 0 Å². The zero-order valence-electron chi connectivity index (χ0n) is 8.20. The van der Waals surface area contributed by atoms with Crippen LogP contribution in [0.1, 0.15) is 24.5 Å². The van der Waals surface area contributed by atoms with Crippen LogP contribution in [0.15, 0.2) is 15.5 Å². The highest BCUT2D eigenvalue weighted by molar-refractivity contribution is 9.10. The summed E-state index contributed by atoms with van der Waals surface area (Å²) in [6.07, 6.45) is 3.71. The first kappa shape index (κ1) is 9.71. The van der Waals surface area contributed by atoms with Crippen LogP contribution < -0.4 is 5.56 Å². The highest BCUT2D eigenvalue weighted by atomic mass is 79.9. The van der Waals surface area contributed by atoms with E-state index >= 15 is 0 Å². The molecule has 1 aliphatic rings. The van der Waals surface area contributed by atoms with Crippen LogP contribution in [-0.4, -0.2) is 25.4 Å². The van der Waals surface area contributed by atoms with Crippen LogP contribution in [0, 0.1) is 0 Å². The summed E-state index contributed by atoms with van der Waals surface area (Å²) < 4.78 is 0.530. The first-order valence-electron chi connectivity index (χ1n) is 4.91. The third-order valence-corrected chi connectivity index (χ3v) is 3.28. The predicted molar refractivity (Wildman–Crippen MR) is 59.9 cm³/mol. The second-order valence-electron chi connectivity index (χ2n) is 3.74. The minimum absolute atomic E-state index is 0.171. The Balaban J connectivity index is 2.17. The molecule has 3 rings (SSSR count). The fourth-order valence-electron chi connectivity index (χ4n) is 1.54. The molecular weight excluding hydrogens is 274 g/mol. The summed E-state index contributed by atoms with van der Waals surface area (Å²) in [4.78, 5) is 18.8. The molecule has 1 saturated carbocycles. The van der Waals surface area contributed by atoms with Crippen LogP contribution in [0.4, 0.5) is 0 Å². The molecule has 1 aliphatic carbocycles. The largest absolute Gasteiger partial charge is 0.304 e. The van der Waals surface area contributed by atoms with Gasteiger partial charge in [-0.25, -0.2) is 4.98 Å². The molecular formula is C9H8BrN5O. The van der Waals surface area contributed by atoms with Crippen LogP contribution in [0.3, 0.4) is 0 Å². The van der Waals surface area contributed by atoms with Gasteiger partial charge in [-0.2, -0.15) is 15.4 Å². The molecule has 82 valence electrons. The lowest BCUT2D eigenvalue weighted by Gasteiger charge is -2.02. The van der Waals surface area contributed by atoms with Crippen molar-refractivity contribution >= 4 is 15.9 Å². The summed E-state index contributed by atoms with van der Waals surface area (Å²) in [6, 6.07) is 0. The van der Waals surface area contributed by atoms with Crippen molar-refractivity contribution in [2.24, 2.45) is 0 Å². The van der Waals surface area contributed by atoms with Gasteiger partial charge in [0.25, 0.3) is 5.56 Å². The summed E-state index contributed by atoms with van der Waals surface area (Å²) in [7, 11) is 0. The van der Waals surface area contributed by atoms with Gasteiger partial charge in [0.2, 0.25) is 0 Å². The normalized spacial score (nSPS) is 15.3. The fourth-order valence-corrected chi connectivity index (χ4v) is 2.05. The average Bonchev–Trinajstić information content (AvgIpc) is 2.96. The van der Waals surface area contributed by atoms with Crippen molar-refractivity contribution in [3.63, 3.8) is 0 Å². The Bertz CT molecular complexity index is 572. The summed E-state index contributed by atoms with van der Waals surface area (Å²) >= 11 is 3.27. The van der Waals surface area contributed by atoms with Gasteiger partial charge in [0.05, 0.1) is 11.9 Å². The molecule has 0 radical (unpaired) electrons. The van der Waals surface area contributed by atoms with Gasteiger partial charge < -0.3 is 4.98 Å². The molecule has 0 saturated heterocycles. The predicted octanol–water partition coefficient (Wildman–Crippen LogP) is 1.19. The molecule has 2 N–H and O–H groups in total. The van der Waals surface area contributed by atoms with Gasteiger partial charge in [0, 0.05) is 5.92 Å². The number of hydrogen-bond donors (Lipinski definition) is 2. The fraction of sp³-hybridized carbons (Fsp3) is 0.333. The van der Waals surface area contributed by atoms with Crippen LogP contribution in [-0.2, 0) is 0 Å². The van der Waals surface area contributed by atoms with E-state index in [9.17, 15) is 4.79 Å². The SMILES string of the molecule is O=c1[nH]c(-c2cn[nH]n2)nc(C2CC2)c1Br. The first-order valence-corrected chi connectivity index (χ1v) is 5.71. The molecule has 2 aromatic heterocycles. The van der Waals surface area contributed by atoms with Gasteiger partial charge in [0.1, 0.15) is 10.2 Å². The standard InChI is InChI=1S/C9H8BrN5O/c10-6-7(4-1-2-4)12-8(13-9(6)16)5-3-11-15-14-5/h3-4H,1-2H2,(H,11,14,15)(H,12,13,16). The van der Waals surface area contributed by atoms with Gasteiger partial charge in [0.15, 0.2) is 5.82 Å². The number of H-pyrrole nitrogens is 2. The molecule has 0 aliphatic heterocycles. The summed E-state index contributed by atoms with van der Waals surface area (Å²) in [5.41, 5.74) is 1.20. The molecule has 2 heterocycles. The van der Waals surface area contributed by atoms with E-state index in [-0.39, 0.29) is 5.56 Å². The second-order valence-corrected chi connectivity index (χ2v) is 4.54. The topological polar surface area (TPSA) is 87.3 Å². The third kappa shape index (κ3) is 1.57. The molecule has 16 heavy (non-hydrogen) atoms. The van der Waals surface area contributed by atoms with E-state index < -0.39 is 0 Å². The maximum Gasteiger partial charge on any atom is 0.265 e. The van der Waals surface area contributed by atoms with Crippen molar-refractivity contribution in [2.75, 3.05) is 0 Å². The third-order valence-electron chi connectivity index (χ3n) is 2.51. The molecule has 0 aromatic carbocycles. The smallest absolute Gasteiger partial charge is 0.265 e. The van der Waals surface area contributed by atoms with Crippen LogP contribution in [0.5, 0.6) is 0 Å². The Kier molecular flexibility index (Phi) is 2.13. The van der Waals surface area contributed by atoms with Gasteiger partial charge >= 0.3 is 0 Å². The lowest BCUT2D eigenvalue weighted by Crippen LogP contribution is -2.13. The minimum atomic E-state index is -0.171. The number of nitrogens with one attached hydrogen (secondary N) is 2. The number of rotatable bonds is 2. The Hall–Kier alpha value is -1.50. The Morgan fingerprint density at radius 1 is 1.44 bits per heavy atom. The van der Waals surface area contributed by atoms with Crippen LogP contribution in [0.25, 0.3) is 11.5 Å². The second kappa shape index (κ2) is 3.51. The molecule has 0 atom stereocenters. The number of halogens is 1. The highest BCUT2D eigenvalue weighted by Gasteiger charge is 2.29. The van der Waals surface area contributed by atoms with Crippen molar-refractivity contribution in [3.8, 4) is 11.5 Å². The maximum absolute atomic E-state index is 11.7. The van der Waals surface area contributed by atoms with Gasteiger partial charge in [-0.05, 0) is 28.8 Å². The lowest BCUT2D eigenvalue weighted by molar-refractivity contribution is 0.925. The van der Waals surface area contributed by atoms with Gasteiger partial charge in [-0.15, -0.1) is 0 Å². The van der Waals surface area contributed by atoms with Crippen molar-refractivity contribution < 1.29 is 0 Å². The zero-order chi connectivity index (χ0) is 11.1. The quantitative estimate of drug-likeness (QED) is 0.866. The summed E-state index contributed by atoms with van der Waals surface area (Å²) in [6.45, 7) is 0. The number of nitrogens with zero attached hydrogens (tertiary/aromatic N) is 3. The van der Waals surface area contributed by atoms with Crippen LogP contribution >= 0.6 is 15.9 Å². The van der Waals surface area contributed by atoms with E-state index in [0.29, 0.717) is 21.9 Å². The summed E-state index contributed by atoms with van der Waals surface area (Å²) in [5, 5.41) is 10.1. The Morgan fingerprint density at radius 2 is 2.25 bits per heavy atom. The summed E-state index contributed by atoms with van der Waals surface area (Å²) in [5.74, 6) is 0.867. The number of hydrogen-bond acceptors (Lipinski definition) is 4. The van der Waals surface area contributed by atoms with E-state index in [1.54, 1.807) is 0 Å². The molecule has 6 nitrogen and oxygen atoms in total. The van der Waals surface area contributed by atoms with E-state index in [2.05, 4.69) is 41.3 Å². The molecule has 1 fully saturated rings. The zero-order valence-corrected chi connectivity index (χ0v) is 9.78. The van der Waals surface area contributed by atoms with Crippen molar-refractivity contribution in [2.45, 2.75) is 18.8 Å². The molecule has 0 unspecified atom stereocenters. The van der Waals surface area contributed by atoms with Crippen molar-refractivity contribution in [3.05, 3.63) is 26.7 Å². The van der Waals surface area contributed by atoms with E-state index in [4.69, 9.17) is 0 Å². The molecule has 2 aromatic rings. The molecule has 0 spiro atoms. The minimum Gasteiger partial charge on any atom is -0.304 e. The molecule has 0 amide bonds. The Labute approximate surface area is 98.6 Å². The van der Waals surface area contributed by atoms with Gasteiger partial charge in [-0.3, -0.25) is 4.79 Å². The number of aromatic nitrogens is 5. The van der Waals surface area contributed by atoms with E-state index in [0.717, 1.165) is 18.5 Å². The van der Waals surface area contributed by atoms with E-state index in [1.807, 2.05) is 0 Å². The molecule has 0 bridgehead atoms. The van der Waals surface area contributed by atoms with Gasteiger partial charge in [-0.1, -0.05) is 0 Å². The van der Waals surface area contributed by atoms with Crippen molar-refractivity contribution in [1.29, 1.82) is 0 Å². The maximum atomic E-state index is 11.7. The number of aromatic amines is 2. The monoisotopic (exact) mass is 281 g/mol. The van der Waals surface area contributed by atoms with Crippen molar-refractivity contribution in [1.82, 2.24) is 25.4 Å². The highest BCUT2D eigenvalue weighted by Crippen LogP contribution is 2.41. The average molecular weight is 282 g/mol. The first-order chi connectivity index (χ1) is 7.75. The Morgan fingerprint density at radius 3 is 2.88 bits per heavy atom. The molecule has 7 heteroatoms. The lowest BCUT2D eigenvalue weighted by atomic mass is 10.3. The van der Waals surface area contributed by atoms with E-state index in [1.165, 1.54) is 6.20 Å².